The maximum atomic E-state index is 12.0. The van der Waals surface area contributed by atoms with Crippen LogP contribution in [0.15, 0.2) is 4.90 Å². The number of nitrogens with zero attached hydrogens (tertiary/aromatic N) is 1. The minimum atomic E-state index is -3.32. The van der Waals surface area contributed by atoms with Gasteiger partial charge in [0.25, 0.3) is 0 Å². The van der Waals surface area contributed by atoms with Crippen molar-refractivity contribution in [1.29, 1.82) is 0 Å². The van der Waals surface area contributed by atoms with Crippen LogP contribution in [-0.2, 0) is 9.84 Å². The maximum absolute atomic E-state index is 12.0. The second-order valence-corrected chi connectivity index (χ2v) is 7.14. The van der Waals surface area contributed by atoms with Crippen LogP contribution in [0.4, 0.5) is 10.8 Å². The number of aromatic nitrogens is 1. The molecule has 98 valence electrons. The van der Waals surface area contributed by atoms with Gasteiger partial charge in [0, 0.05) is 6.54 Å². The molecule has 0 spiro atoms. The Morgan fingerprint density at radius 1 is 1.47 bits per heavy atom. The van der Waals surface area contributed by atoms with Crippen LogP contribution < -0.4 is 11.1 Å². The summed E-state index contributed by atoms with van der Waals surface area (Å²) >= 11 is 1.11. The van der Waals surface area contributed by atoms with Gasteiger partial charge in [-0.2, -0.15) is 4.37 Å². The van der Waals surface area contributed by atoms with Crippen LogP contribution in [0.1, 0.15) is 27.2 Å². The van der Waals surface area contributed by atoms with Gasteiger partial charge >= 0.3 is 0 Å². The molecule has 0 saturated carbocycles. The summed E-state index contributed by atoms with van der Waals surface area (Å²) in [5.41, 5.74) is 5.64. The zero-order valence-electron chi connectivity index (χ0n) is 10.4. The molecule has 0 bridgehead atoms. The van der Waals surface area contributed by atoms with Crippen LogP contribution in [0.5, 0.6) is 0 Å². The van der Waals surface area contributed by atoms with E-state index in [1.54, 1.807) is 0 Å². The van der Waals surface area contributed by atoms with Gasteiger partial charge in [-0.15, -0.1) is 0 Å². The SMILES string of the molecule is CCCS(=O)(=O)c1c(N)nsc1NCC(C)C. The van der Waals surface area contributed by atoms with Crippen molar-refractivity contribution in [2.24, 2.45) is 5.92 Å². The van der Waals surface area contributed by atoms with E-state index in [4.69, 9.17) is 5.73 Å². The molecule has 0 aliphatic heterocycles. The third-order valence-electron chi connectivity index (χ3n) is 2.13. The highest BCUT2D eigenvalue weighted by Gasteiger charge is 2.24. The fourth-order valence-electron chi connectivity index (χ4n) is 1.37. The molecule has 1 aromatic heterocycles. The largest absolute Gasteiger partial charge is 0.382 e. The minimum Gasteiger partial charge on any atom is -0.382 e. The van der Waals surface area contributed by atoms with Gasteiger partial charge in [0.2, 0.25) is 0 Å². The van der Waals surface area contributed by atoms with E-state index in [2.05, 4.69) is 23.5 Å². The predicted octanol–water partition coefficient (Wildman–Crippen LogP) is 1.98. The van der Waals surface area contributed by atoms with Gasteiger partial charge in [-0.3, -0.25) is 0 Å². The monoisotopic (exact) mass is 277 g/mol. The van der Waals surface area contributed by atoms with Crippen molar-refractivity contribution in [3.05, 3.63) is 0 Å². The Hall–Kier alpha value is -0.820. The Morgan fingerprint density at radius 3 is 2.65 bits per heavy atom. The van der Waals surface area contributed by atoms with E-state index in [0.29, 0.717) is 23.9 Å². The van der Waals surface area contributed by atoms with Crippen molar-refractivity contribution in [2.45, 2.75) is 32.1 Å². The maximum Gasteiger partial charge on any atom is 0.185 e. The Kier molecular flexibility index (Phi) is 4.76. The van der Waals surface area contributed by atoms with Crippen LogP contribution in [0, 0.1) is 5.92 Å². The fourth-order valence-corrected chi connectivity index (χ4v) is 4.00. The van der Waals surface area contributed by atoms with Gasteiger partial charge in [0.1, 0.15) is 9.90 Å². The molecule has 0 aliphatic carbocycles. The summed E-state index contributed by atoms with van der Waals surface area (Å²) in [5.74, 6) is 0.640. The number of anilines is 2. The average Bonchev–Trinajstić information content (AvgIpc) is 2.57. The van der Waals surface area contributed by atoms with E-state index in [1.165, 1.54) is 0 Å². The van der Waals surface area contributed by atoms with Crippen LogP contribution in [0.25, 0.3) is 0 Å². The highest BCUT2D eigenvalue weighted by molar-refractivity contribution is 7.91. The lowest BCUT2D eigenvalue weighted by atomic mass is 10.2. The summed E-state index contributed by atoms with van der Waals surface area (Å²) in [6.45, 7) is 6.64. The molecule has 0 unspecified atom stereocenters. The normalized spacial score (nSPS) is 12.0. The second-order valence-electron chi connectivity index (χ2n) is 4.32. The Balaban J connectivity index is 3.02. The first-order valence-electron chi connectivity index (χ1n) is 5.60. The molecule has 3 N–H and O–H groups in total. The first-order valence-corrected chi connectivity index (χ1v) is 8.02. The number of rotatable bonds is 6. The van der Waals surface area contributed by atoms with Crippen molar-refractivity contribution in [2.75, 3.05) is 23.3 Å². The fraction of sp³-hybridized carbons (Fsp3) is 0.700. The Morgan fingerprint density at radius 2 is 2.12 bits per heavy atom. The van der Waals surface area contributed by atoms with E-state index in [1.807, 2.05) is 6.92 Å². The van der Waals surface area contributed by atoms with Gasteiger partial charge in [0.15, 0.2) is 15.7 Å². The van der Waals surface area contributed by atoms with Crippen molar-refractivity contribution >= 4 is 32.2 Å². The van der Waals surface area contributed by atoms with E-state index in [9.17, 15) is 8.42 Å². The molecule has 0 fully saturated rings. The van der Waals surface area contributed by atoms with Crippen LogP contribution in [0.2, 0.25) is 0 Å². The number of nitrogens with two attached hydrogens (primary N) is 1. The first kappa shape index (κ1) is 14.2. The zero-order chi connectivity index (χ0) is 13.1. The Bertz CT molecular complexity index is 466. The molecule has 0 saturated heterocycles. The van der Waals surface area contributed by atoms with Crippen LogP contribution >= 0.6 is 11.5 Å². The Labute approximate surface area is 107 Å². The second kappa shape index (κ2) is 5.68. The zero-order valence-corrected chi connectivity index (χ0v) is 12.0. The molecule has 1 rings (SSSR count). The van der Waals surface area contributed by atoms with E-state index < -0.39 is 9.84 Å². The van der Waals surface area contributed by atoms with Crippen molar-refractivity contribution in [3.8, 4) is 0 Å². The molecule has 1 heterocycles. The summed E-state index contributed by atoms with van der Waals surface area (Å²) in [5, 5.41) is 3.65. The third kappa shape index (κ3) is 3.57. The summed E-state index contributed by atoms with van der Waals surface area (Å²) in [7, 11) is -3.32. The molecule has 0 radical (unpaired) electrons. The summed E-state index contributed by atoms with van der Waals surface area (Å²) in [6, 6.07) is 0. The van der Waals surface area contributed by atoms with Gasteiger partial charge in [-0.25, -0.2) is 8.42 Å². The summed E-state index contributed by atoms with van der Waals surface area (Å²) in [4.78, 5) is 0.171. The average molecular weight is 277 g/mol. The van der Waals surface area contributed by atoms with Crippen LogP contribution in [-0.4, -0.2) is 25.1 Å². The van der Waals surface area contributed by atoms with Gasteiger partial charge in [-0.05, 0) is 23.9 Å². The van der Waals surface area contributed by atoms with Gasteiger partial charge in [-0.1, -0.05) is 20.8 Å². The topological polar surface area (TPSA) is 85.1 Å². The highest BCUT2D eigenvalue weighted by Crippen LogP contribution is 2.32. The molecule has 0 aliphatic rings. The van der Waals surface area contributed by atoms with Gasteiger partial charge < -0.3 is 11.1 Å². The molecule has 0 amide bonds. The lowest BCUT2D eigenvalue weighted by Crippen LogP contribution is -2.13. The number of hydrogen-bond acceptors (Lipinski definition) is 6. The molecule has 7 heteroatoms. The van der Waals surface area contributed by atoms with Crippen molar-refractivity contribution < 1.29 is 8.42 Å². The lowest BCUT2D eigenvalue weighted by molar-refractivity contribution is 0.595. The molecule has 0 aromatic carbocycles. The minimum absolute atomic E-state index is 0.103. The smallest absolute Gasteiger partial charge is 0.185 e. The lowest BCUT2D eigenvalue weighted by Gasteiger charge is -2.09. The number of hydrogen-bond donors (Lipinski definition) is 2. The third-order valence-corrected chi connectivity index (χ3v) is 5.06. The number of nitrogens with one attached hydrogen (secondary N) is 1. The van der Waals surface area contributed by atoms with Crippen LogP contribution in [0.3, 0.4) is 0 Å². The predicted molar refractivity (Wildman–Crippen MR) is 72.2 cm³/mol. The van der Waals surface area contributed by atoms with Crippen molar-refractivity contribution in [3.63, 3.8) is 0 Å². The first-order chi connectivity index (χ1) is 7.88. The molecular formula is C10H19N3O2S2. The van der Waals surface area contributed by atoms with E-state index in [0.717, 1.165) is 11.5 Å². The number of nitrogen functional groups attached to an aromatic ring is 1. The molecular weight excluding hydrogens is 258 g/mol. The van der Waals surface area contributed by atoms with Gasteiger partial charge in [0.05, 0.1) is 5.75 Å². The van der Waals surface area contributed by atoms with E-state index >= 15 is 0 Å². The number of sulfone groups is 1. The van der Waals surface area contributed by atoms with E-state index in [-0.39, 0.29) is 16.5 Å². The highest BCUT2D eigenvalue weighted by atomic mass is 32.2. The molecule has 17 heavy (non-hydrogen) atoms. The molecule has 5 nitrogen and oxygen atoms in total. The van der Waals surface area contributed by atoms with Crippen molar-refractivity contribution in [1.82, 2.24) is 4.37 Å². The molecule has 1 aromatic rings. The quantitative estimate of drug-likeness (QED) is 0.830. The standard InChI is InChI=1S/C10H19N3O2S2/c1-4-5-17(14,15)8-9(11)13-16-10(8)12-6-7(2)3/h7,12H,4-6H2,1-3H3,(H2,11,13). The summed E-state index contributed by atoms with van der Waals surface area (Å²) in [6.07, 6.45) is 0.571. The summed E-state index contributed by atoms with van der Waals surface area (Å²) < 4.78 is 28.0. The molecule has 0 atom stereocenters.